The van der Waals surface area contributed by atoms with Gasteiger partial charge in [0.2, 0.25) is 10.0 Å². The molecule has 3 rings (SSSR count). The van der Waals surface area contributed by atoms with Crippen molar-refractivity contribution in [3.63, 3.8) is 0 Å². The fourth-order valence-electron chi connectivity index (χ4n) is 3.53. The Balaban J connectivity index is 1.78. The molecule has 0 aliphatic heterocycles. The molecule has 2 atom stereocenters. The first-order chi connectivity index (χ1) is 16.7. The fourth-order valence-corrected chi connectivity index (χ4v) is 4.84. The van der Waals surface area contributed by atoms with Crippen LogP contribution in [0.3, 0.4) is 0 Å². The molecule has 3 aromatic carbocycles. The highest BCUT2D eigenvalue weighted by atomic mass is 32.2. The van der Waals surface area contributed by atoms with Crippen molar-refractivity contribution in [1.82, 2.24) is 10.0 Å². The monoisotopic (exact) mass is 501 g/mol. The summed E-state index contributed by atoms with van der Waals surface area (Å²) in [6, 6.07) is 16.3. The topological polar surface area (TPSA) is 111 Å². The zero-order chi connectivity index (χ0) is 25.4. The number of nitriles is 1. The van der Waals surface area contributed by atoms with E-state index < -0.39 is 33.8 Å². The lowest BCUT2D eigenvalue weighted by molar-refractivity contribution is 0.134. The van der Waals surface area contributed by atoms with Crippen molar-refractivity contribution in [2.45, 2.75) is 30.0 Å². The van der Waals surface area contributed by atoms with Crippen molar-refractivity contribution in [2.24, 2.45) is 0 Å². The minimum atomic E-state index is -4.16. The lowest BCUT2D eigenvalue weighted by Crippen LogP contribution is -2.48. The highest BCUT2D eigenvalue weighted by Crippen LogP contribution is 2.17. The Morgan fingerprint density at radius 3 is 2.43 bits per heavy atom. The molecule has 10 heteroatoms. The van der Waals surface area contributed by atoms with Crippen LogP contribution < -0.4 is 14.8 Å². The average Bonchev–Trinajstić information content (AvgIpc) is 2.83. The molecule has 2 unspecified atom stereocenters. The Labute approximate surface area is 203 Å². The molecule has 0 heterocycles. The second-order valence-corrected chi connectivity index (χ2v) is 9.61. The maximum atomic E-state index is 13.7. The molecular formula is C25H25F2N3O4S. The van der Waals surface area contributed by atoms with Gasteiger partial charge in [-0.25, -0.2) is 21.9 Å². The third-order valence-electron chi connectivity index (χ3n) is 5.24. The van der Waals surface area contributed by atoms with Crippen LogP contribution in [-0.4, -0.2) is 39.3 Å². The number of methoxy groups -OCH3 is 1. The van der Waals surface area contributed by atoms with Crippen LogP contribution in [0.15, 0.2) is 71.6 Å². The van der Waals surface area contributed by atoms with Crippen LogP contribution in [0.2, 0.25) is 0 Å². The molecule has 0 aromatic heterocycles. The quantitative estimate of drug-likeness (QED) is 0.373. The highest BCUT2D eigenvalue weighted by molar-refractivity contribution is 7.89. The maximum absolute atomic E-state index is 13.7. The summed E-state index contributed by atoms with van der Waals surface area (Å²) in [5, 5.41) is 23.0. The summed E-state index contributed by atoms with van der Waals surface area (Å²) in [5.41, 5.74) is 1.21. The number of benzene rings is 3. The molecule has 7 nitrogen and oxygen atoms in total. The number of hydrogen-bond donors (Lipinski definition) is 3. The third kappa shape index (κ3) is 7.56. The number of halogens is 2. The number of sulfonamides is 1. The van der Waals surface area contributed by atoms with Crippen molar-refractivity contribution in [3.8, 4) is 11.8 Å². The van der Waals surface area contributed by atoms with Crippen molar-refractivity contribution >= 4 is 10.0 Å². The van der Waals surface area contributed by atoms with Gasteiger partial charge >= 0.3 is 0 Å². The Morgan fingerprint density at radius 2 is 1.74 bits per heavy atom. The second-order valence-electron chi connectivity index (χ2n) is 7.90. The van der Waals surface area contributed by atoms with Gasteiger partial charge in [-0.1, -0.05) is 18.2 Å². The summed E-state index contributed by atoms with van der Waals surface area (Å²) in [6.45, 7) is 0.354. The van der Waals surface area contributed by atoms with Gasteiger partial charge in [-0.2, -0.15) is 5.26 Å². The zero-order valence-electron chi connectivity index (χ0n) is 18.9. The Bertz CT molecular complexity index is 1290. The van der Waals surface area contributed by atoms with Crippen molar-refractivity contribution in [2.75, 3.05) is 13.7 Å². The van der Waals surface area contributed by atoms with Crippen LogP contribution >= 0.6 is 0 Å². The van der Waals surface area contributed by atoms with Crippen molar-refractivity contribution in [1.29, 1.82) is 5.26 Å². The van der Waals surface area contributed by atoms with Gasteiger partial charge in [-0.3, -0.25) is 0 Å². The maximum Gasteiger partial charge on any atom is 0.240 e. The van der Waals surface area contributed by atoms with Gasteiger partial charge < -0.3 is 15.2 Å². The lowest BCUT2D eigenvalue weighted by Gasteiger charge is -2.25. The van der Waals surface area contributed by atoms with Crippen LogP contribution in [-0.2, 0) is 23.0 Å². The predicted octanol–water partition coefficient (Wildman–Crippen LogP) is 2.89. The fraction of sp³-hybridized carbons (Fsp3) is 0.240. The first-order valence-corrected chi connectivity index (χ1v) is 12.2. The number of nitrogens with one attached hydrogen (secondary N) is 2. The minimum Gasteiger partial charge on any atom is -0.497 e. The summed E-state index contributed by atoms with van der Waals surface area (Å²) < 4.78 is 61.0. The number of hydrogen-bond acceptors (Lipinski definition) is 6. The van der Waals surface area contributed by atoms with Crippen LogP contribution in [0.5, 0.6) is 5.75 Å². The van der Waals surface area contributed by atoms with Crippen molar-refractivity contribution < 1.29 is 27.0 Å². The summed E-state index contributed by atoms with van der Waals surface area (Å²) in [7, 11) is -2.61. The molecular weight excluding hydrogens is 476 g/mol. The smallest absolute Gasteiger partial charge is 0.240 e. The summed E-state index contributed by atoms with van der Waals surface area (Å²) in [6.07, 6.45) is -1.42. The second kappa shape index (κ2) is 11.9. The summed E-state index contributed by atoms with van der Waals surface area (Å²) >= 11 is 0. The normalized spacial score (nSPS) is 13.1. The molecule has 35 heavy (non-hydrogen) atoms. The van der Waals surface area contributed by atoms with Crippen LogP contribution in [0.4, 0.5) is 8.78 Å². The molecule has 0 aliphatic rings. The average molecular weight is 502 g/mol. The van der Waals surface area contributed by atoms with Gasteiger partial charge in [-0.05, 0) is 60.0 Å². The van der Waals surface area contributed by atoms with Gasteiger partial charge in [0, 0.05) is 19.2 Å². The first-order valence-electron chi connectivity index (χ1n) is 10.7. The van der Waals surface area contributed by atoms with E-state index in [4.69, 9.17) is 10.00 Å². The Morgan fingerprint density at radius 1 is 1.03 bits per heavy atom. The number of ether oxygens (including phenoxy) is 1. The van der Waals surface area contributed by atoms with E-state index in [2.05, 4.69) is 10.0 Å². The third-order valence-corrected chi connectivity index (χ3v) is 6.73. The number of rotatable bonds is 11. The number of aliphatic hydroxyl groups excluding tert-OH is 1. The minimum absolute atomic E-state index is 0.0135. The number of aliphatic hydroxyl groups is 1. The SMILES string of the molecule is COc1cccc(CNCC(O)C(Cc2cc(F)cc(F)c2)NS(=O)(=O)c2cccc(C#N)c2)c1. The van der Waals surface area contributed by atoms with Crippen LogP contribution in [0, 0.1) is 23.0 Å². The molecule has 0 aliphatic carbocycles. The number of nitrogens with zero attached hydrogens (tertiary/aromatic N) is 1. The van der Waals surface area contributed by atoms with Gasteiger partial charge in [0.05, 0.1) is 35.8 Å². The largest absolute Gasteiger partial charge is 0.497 e. The van der Waals surface area contributed by atoms with E-state index in [1.807, 2.05) is 24.3 Å². The molecule has 0 spiro atoms. The van der Waals surface area contributed by atoms with Gasteiger partial charge in [0.15, 0.2) is 0 Å². The standard InChI is InChI=1S/C25H25F2N3O4S/c1-34-22-6-2-5-18(10-22)15-29-16-25(31)24(12-19-8-20(26)13-21(27)9-19)30-35(32,33)23-7-3-4-17(11-23)14-28/h2-11,13,24-25,29-31H,12,15-16H2,1H3. The van der Waals surface area contributed by atoms with Gasteiger partial charge in [-0.15, -0.1) is 0 Å². The Hall–Kier alpha value is -3.36. The molecule has 184 valence electrons. The molecule has 3 aromatic rings. The Kier molecular flexibility index (Phi) is 8.89. The van der Waals surface area contributed by atoms with E-state index in [0.29, 0.717) is 18.4 Å². The van der Waals surface area contributed by atoms with E-state index in [1.165, 1.54) is 24.3 Å². The van der Waals surface area contributed by atoms with E-state index in [1.54, 1.807) is 13.2 Å². The molecule has 0 bridgehead atoms. The molecule has 0 radical (unpaired) electrons. The molecule has 0 saturated heterocycles. The zero-order valence-corrected chi connectivity index (χ0v) is 19.7. The van der Waals surface area contributed by atoms with Gasteiger partial charge in [0.25, 0.3) is 0 Å². The van der Waals surface area contributed by atoms with E-state index in [9.17, 15) is 22.3 Å². The molecule has 3 N–H and O–H groups in total. The molecule has 0 fully saturated rings. The summed E-state index contributed by atoms with van der Waals surface area (Å²) in [4.78, 5) is -0.163. The van der Waals surface area contributed by atoms with Crippen LogP contribution in [0.25, 0.3) is 0 Å². The lowest BCUT2D eigenvalue weighted by atomic mass is 10.0. The summed E-state index contributed by atoms with van der Waals surface area (Å²) in [5.74, 6) is -0.953. The van der Waals surface area contributed by atoms with Crippen LogP contribution in [0.1, 0.15) is 16.7 Å². The predicted molar refractivity (Wildman–Crippen MR) is 126 cm³/mol. The first kappa shape index (κ1) is 26.2. The highest BCUT2D eigenvalue weighted by Gasteiger charge is 2.27. The molecule has 0 amide bonds. The van der Waals surface area contributed by atoms with E-state index in [-0.39, 0.29) is 29.0 Å². The molecule has 0 saturated carbocycles. The van der Waals surface area contributed by atoms with E-state index >= 15 is 0 Å². The van der Waals surface area contributed by atoms with Crippen molar-refractivity contribution in [3.05, 3.63) is 95.1 Å². The van der Waals surface area contributed by atoms with Gasteiger partial charge in [0.1, 0.15) is 17.4 Å². The van der Waals surface area contributed by atoms with E-state index in [0.717, 1.165) is 17.7 Å².